The number of carbonyl (C=O) groups excluding carboxylic acids is 2. The van der Waals surface area contributed by atoms with Crippen molar-refractivity contribution in [3.8, 4) is 11.8 Å². The van der Waals surface area contributed by atoms with Crippen molar-refractivity contribution >= 4 is 11.9 Å². The Morgan fingerprint density at radius 3 is 2.36 bits per heavy atom. The standard InChI is InChI=1S/C20H27NO4/c1-3-5-7-16(4-2)15-24-19(22)8-6-9-20(23)25-18-12-10-17(14-21)11-13-18/h10-13,16H,3-9,15H2,1-2H3. The number of carbonyl (C=O) groups is 2. The molecule has 0 saturated heterocycles. The minimum Gasteiger partial charge on any atom is -0.465 e. The highest BCUT2D eigenvalue weighted by atomic mass is 16.5. The lowest BCUT2D eigenvalue weighted by molar-refractivity contribution is -0.145. The Morgan fingerprint density at radius 2 is 1.76 bits per heavy atom. The molecule has 0 radical (unpaired) electrons. The number of benzene rings is 1. The Balaban J connectivity index is 2.21. The van der Waals surface area contributed by atoms with Crippen LogP contribution in [0.3, 0.4) is 0 Å². The molecule has 136 valence electrons. The molecule has 0 aliphatic heterocycles. The van der Waals surface area contributed by atoms with Gasteiger partial charge in [-0.2, -0.15) is 5.26 Å². The first-order valence-corrected chi connectivity index (χ1v) is 8.95. The van der Waals surface area contributed by atoms with E-state index in [1.54, 1.807) is 24.3 Å². The molecule has 0 heterocycles. The smallest absolute Gasteiger partial charge is 0.311 e. The Bertz CT molecular complexity index is 574. The lowest BCUT2D eigenvalue weighted by Gasteiger charge is -2.14. The van der Waals surface area contributed by atoms with Crippen LogP contribution in [0.15, 0.2) is 24.3 Å². The van der Waals surface area contributed by atoms with Crippen molar-refractivity contribution in [2.24, 2.45) is 5.92 Å². The molecular weight excluding hydrogens is 318 g/mol. The van der Waals surface area contributed by atoms with E-state index in [2.05, 4.69) is 13.8 Å². The first-order valence-electron chi connectivity index (χ1n) is 8.95. The molecule has 0 spiro atoms. The highest BCUT2D eigenvalue weighted by Gasteiger charge is 2.11. The van der Waals surface area contributed by atoms with E-state index in [1.165, 1.54) is 0 Å². The van der Waals surface area contributed by atoms with Gasteiger partial charge in [-0.15, -0.1) is 0 Å². The number of nitrogens with zero attached hydrogens (tertiary/aromatic N) is 1. The van der Waals surface area contributed by atoms with Crippen LogP contribution in [-0.4, -0.2) is 18.5 Å². The summed E-state index contributed by atoms with van der Waals surface area (Å²) in [4.78, 5) is 23.5. The van der Waals surface area contributed by atoms with E-state index in [4.69, 9.17) is 14.7 Å². The van der Waals surface area contributed by atoms with Gasteiger partial charge in [-0.3, -0.25) is 9.59 Å². The maximum absolute atomic E-state index is 11.7. The Hall–Kier alpha value is -2.35. The number of nitriles is 1. The average Bonchev–Trinajstić information content (AvgIpc) is 2.62. The van der Waals surface area contributed by atoms with E-state index in [9.17, 15) is 9.59 Å². The number of ether oxygens (including phenoxy) is 2. The lowest BCUT2D eigenvalue weighted by Crippen LogP contribution is -2.14. The Kier molecular flexibility index (Phi) is 10.00. The summed E-state index contributed by atoms with van der Waals surface area (Å²) in [5.41, 5.74) is 0.506. The SMILES string of the molecule is CCCCC(CC)COC(=O)CCCC(=O)Oc1ccc(C#N)cc1. The third-order valence-electron chi connectivity index (χ3n) is 4.00. The molecule has 0 N–H and O–H groups in total. The zero-order chi connectivity index (χ0) is 18.5. The molecule has 5 heteroatoms. The molecule has 0 bridgehead atoms. The second-order valence-corrected chi connectivity index (χ2v) is 6.06. The van der Waals surface area contributed by atoms with Crippen molar-refractivity contribution in [1.29, 1.82) is 5.26 Å². The van der Waals surface area contributed by atoms with E-state index < -0.39 is 5.97 Å². The highest BCUT2D eigenvalue weighted by Crippen LogP contribution is 2.15. The van der Waals surface area contributed by atoms with Gasteiger partial charge in [-0.05, 0) is 43.0 Å². The second kappa shape index (κ2) is 12.1. The fourth-order valence-electron chi connectivity index (χ4n) is 2.34. The highest BCUT2D eigenvalue weighted by molar-refractivity contribution is 5.74. The van der Waals surface area contributed by atoms with Crippen molar-refractivity contribution in [3.05, 3.63) is 29.8 Å². The first-order chi connectivity index (χ1) is 12.1. The number of unbranched alkanes of at least 4 members (excludes halogenated alkanes) is 1. The predicted octanol–water partition coefficient (Wildman–Crippen LogP) is 4.39. The van der Waals surface area contributed by atoms with Crippen LogP contribution in [0.25, 0.3) is 0 Å². The van der Waals surface area contributed by atoms with Crippen molar-refractivity contribution < 1.29 is 19.1 Å². The summed E-state index contributed by atoms with van der Waals surface area (Å²) in [6.45, 7) is 4.72. The molecule has 1 rings (SSSR count). The van der Waals surface area contributed by atoms with Gasteiger partial charge >= 0.3 is 11.9 Å². The van der Waals surface area contributed by atoms with E-state index in [0.717, 1.165) is 25.7 Å². The topological polar surface area (TPSA) is 76.4 Å². The summed E-state index contributed by atoms with van der Waals surface area (Å²) in [5, 5.41) is 8.71. The Labute approximate surface area is 149 Å². The summed E-state index contributed by atoms with van der Waals surface area (Å²) in [7, 11) is 0. The van der Waals surface area contributed by atoms with Gasteiger partial charge in [0, 0.05) is 12.8 Å². The summed E-state index contributed by atoms with van der Waals surface area (Å²) in [6.07, 6.45) is 5.15. The number of hydrogen-bond acceptors (Lipinski definition) is 5. The number of hydrogen-bond donors (Lipinski definition) is 0. The molecule has 1 aromatic rings. The van der Waals surface area contributed by atoms with Crippen LogP contribution < -0.4 is 4.74 Å². The normalized spacial score (nSPS) is 11.4. The number of esters is 2. The quantitative estimate of drug-likeness (QED) is 0.439. The van der Waals surface area contributed by atoms with Gasteiger partial charge in [-0.25, -0.2) is 0 Å². The molecule has 0 aliphatic carbocycles. The fraction of sp³-hybridized carbons (Fsp3) is 0.550. The van der Waals surface area contributed by atoms with Crippen LogP contribution in [0.4, 0.5) is 0 Å². The summed E-state index contributed by atoms with van der Waals surface area (Å²) < 4.78 is 10.5. The third-order valence-corrected chi connectivity index (χ3v) is 4.00. The van der Waals surface area contributed by atoms with Crippen LogP contribution in [0.1, 0.15) is 64.4 Å². The molecule has 5 nitrogen and oxygen atoms in total. The van der Waals surface area contributed by atoms with Gasteiger partial charge < -0.3 is 9.47 Å². The first kappa shape index (κ1) is 20.7. The molecule has 0 saturated carbocycles. The van der Waals surface area contributed by atoms with Crippen molar-refractivity contribution in [3.63, 3.8) is 0 Å². The zero-order valence-electron chi connectivity index (χ0n) is 15.1. The summed E-state index contributed by atoms with van der Waals surface area (Å²) in [6, 6.07) is 8.32. The minimum atomic E-state index is -0.396. The van der Waals surface area contributed by atoms with Crippen LogP contribution in [0.5, 0.6) is 5.75 Å². The van der Waals surface area contributed by atoms with Crippen molar-refractivity contribution in [2.75, 3.05) is 6.61 Å². The monoisotopic (exact) mass is 345 g/mol. The molecule has 25 heavy (non-hydrogen) atoms. The van der Waals surface area contributed by atoms with Gasteiger partial charge in [0.05, 0.1) is 18.2 Å². The largest absolute Gasteiger partial charge is 0.465 e. The van der Waals surface area contributed by atoms with Crippen LogP contribution >= 0.6 is 0 Å². The third kappa shape index (κ3) is 8.90. The summed E-state index contributed by atoms with van der Waals surface area (Å²) in [5.74, 6) is 0.159. The lowest BCUT2D eigenvalue weighted by atomic mass is 10.0. The average molecular weight is 345 g/mol. The molecule has 0 aliphatic rings. The molecule has 0 amide bonds. The van der Waals surface area contributed by atoms with Crippen LogP contribution in [0.2, 0.25) is 0 Å². The fourth-order valence-corrected chi connectivity index (χ4v) is 2.34. The van der Waals surface area contributed by atoms with Gasteiger partial charge in [0.15, 0.2) is 0 Å². The van der Waals surface area contributed by atoms with Gasteiger partial charge in [0.25, 0.3) is 0 Å². The molecule has 1 aromatic carbocycles. The maximum atomic E-state index is 11.7. The van der Waals surface area contributed by atoms with Crippen molar-refractivity contribution in [1.82, 2.24) is 0 Å². The van der Waals surface area contributed by atoms with Gasteiger partial charge in [0.1, 0.15) is 5.75 Å². The van der Waals surface area contributed by atoms with Crippen LogP contribution in [0, 0.1) is 17.2 Å². The zero-order valence-corrected chi connectivity index (χ0v) is 15.1. The summed E-state index contributed by atoms with van der Waals surface area (Å²) >= 11 is 0. The van der Waals surface area contributed by atoms with E-state index >= 15 is 0 Å². The van der Waals surface area contributed by atoms with Crippen molar-refractivity contribution in [2.45, 2.75) is 58.8 Å². The van der Waals surface area contributed by atoms with E-state index in [0.29, 0.717) is 30.3 Å². The van der Waals surface area contributed by atoms with Gasteiger partial charge in [0.2, 0.25) is 0 Å². The van der Waals surface area contributed by atoms with Gasteiger partial charge in [-0.1, -0.05) is 33.1 Å². The number of rotatable bonds is 11. The Morgan fingerprint density at radius 1 is 1.08 bits per heavy atom. The molecule has 1 unspecified atom stereocenters. The van der Waals surface area contributed by atoms with Crippen LogP contribution in [-0.2, 0) is 14.3 Å². The molecule has 1 atom stereocenters. The molecule has 0 fully saturated rings. The van der Waals surface area contributed by atoms with E-state index in [-0.39, 0.29) is 18.8 Å². The molecule has 0 aromatic heterocycles. The minimum absolute atomic E-state index is 0.155. The predicted molar refractivity (Wildman–Crippen MR) is 94.9 cm³/mol. The second-order valence-electron chi connectivity index (χ2n) is 6.06. The molecular formula is C20H27NO4. The van der Waals surface area contributed by atoms with E-state index in [1.807, 2.05) is 6.07 Å². The maximum Gasteiger partial charge on any atom is 0.311 e.